The molecule has 1 aromatic carbocycles. The van der Waals surface area contributed by atoms with Crippen LogP contribution in [0.4, 0.5) is 5.69 Å². The molecule has 3 rings (SSSR count). The zero-order chi connectivity index (χ0) is 16.4. The van der Waals surface area contributed by atoms with Crippen molar-refractivity contribution >= 4 is 29.1 Å². The van der Waals surface area contributed by atoms with Crippen molar-refractivity contribution < 1.29 is 14.3 Å². The van der Waals surface area contributed by atoms with E-state index in [2.05, 4.69) is 5.32 Å². The number of piperidine rings is 1. The summed E-state index contributed by atoms with van der Waals surface area (Å²) in [6, 6.07) is 5.06. The molecule has 0 bridgehead atoms. The van der Waals surface area contributed by atoms with Gasteiger partial charge >= 0.3 is 0 Å². The predicted octanol–water partition coefficient (Wildman–Crippen LogP) is 3.08. The summed E-state index contributed by atoms with van der Waals surface area (Å²) in [5, 5.41) is 3.26. The zero-order valence-electron chi connectivity index (χ0n) is 13.2. The van der Waals surface area contributed by atoms with E-state index in [0.717, 1.165) is 32.4 Å². The molecule has 0 atom stereocenters. The summed E-state index contributed by atoms with van der Waals surface area (Å²) in [6.07, 6.45) is 4.46. The molecule has 124 valence electrons. The number of hydrogen-bond acceptors (Lipinski definition) is 3. The molecule has 1 aliphatic carbocycles. The lowest BCUT2D eigenvalue weighted by molar-refractivity contribution is -0.143. The van der Waals surface area contributed by atoms with Crippen LogP contribution in [0, 0.1) is 5.41 Å². The Labute approximate surface area is 140 Å². The highest BCUT2D eigenvalue weighted by Gasteiger charge is 2.58. The van der Waals surface area contributed by atoms with Gasteiger partial charge in [0.15, 0.2) is 0 Å². The molecule has 1 N–H and O–H groups in total. The third-order valence-corrected chi connectivity index (χ3v) is 4.94. The average Bonchev–Trinajstić information content (AvgIpc) is 3.37. The van der Waals surface area contributed by atoms with Crippen molar-refractivity contribution in [1.29, 1.82) is 0 Å². The van der Waals surface area contributed by atoms with Crippen LogP contribution in [0.1, 0.15) is 32.1 Å². The van der Waals surface area contributed by atoms with Gasteiger partial charge in [0.05, 0.1) is 12.1 Å². The molecule has 1 aromatic rings. The number of ether oxygens (including phenoxy) is 1. The van der Waals surface area contributed by atoms with Crippen LogP contribution in [-0.2, 0) is 9.59 Å². The number of nitrogens with zero attached hydrogens (tertiary/aromatic N) is 1. The van der Waals surface area contributed by atoms with Crippen molar-refractivity contribution in [2.75, 3.05) is 25.5 Å². The summed E-state index contributed by atoms with van der Waals surface area (Å²) in [5.74, 6) is 0.304. The molecule has 2 fully saturated rings. The predicted molar refractivity (Wildman–Crippen MR) is 88.7 cm³/mol. The molecule has 23 heavy (non-hydrogen) atoms. The first-order chi connectivity index (χ1) is 11.1. The van der Waals surface area contributed by atoms with Gasteiger partial charge in [0.2, 0.25) is 11.8 Å². The van der Waals surface area contributed by atoms with Crippen LogP contribution >= 0.6 is 11.6 Å². The van der Waals surface area contributed by atoms with Gasteiger partial charge in [-0.25, -0.2) is 0 Å². The lowest BCUT2D eigenvalue weighted by Crippen LogP contribution is -2.45. The van der Waals surface area contributed by atoms with Gasteiger partial charge in [0.1, 0.15) is 11.2 Å². The van der Waals surface area contributed by atoms with Gasteiger partial charge in [0, 0.05) is 18.8 Å². The summed E-state index contributed by atoms with van der Waals surface area (Å²) in [5.41, 5.74) is -0.289. The van der Waals surface area contributed by atoms with Gasteiger partial charge in [-0.2, -0.15) is 0 Å². The standard InChI is InChI=1S/C17H21ClN2O3/c1-23-14-6-5-12(11-13(14)18)19-15(21)17(7-8-17)16(22)20-9-3-2-4-10-20/h5-6,11H,2-4,7-10H2,1H3,(H,19,21). The normalized spacial score (nSPS) is 19.1. The zero-order valence-corrected chi connectivity index (χ0v) is 14.0. The SMILES string of the molecule is COc1ccc(NC(=O)C2(C(=O)N3CCCCC3)CC2)cc1Cl. The van der Waals surface area contributed by atoms with Gasteiger partial charge in [0.25, 0.3) is 0 Å². The van der Waals surface area contributed by atoms with Gasteiger partial charge < -0.3 is 15.0 Å². The van der Waals surface area contributed by atoms with Crippen molar-refractivity contribution in [3.63, 3.8) is 0 Å². The molecule has 6 heteroatoms. The number of methoxy groups -OCH3 is 1. The molecule has 5 nitrogen and oxygen atoms in total. The highest BCUT2D eigenvalue weighted by atomic mass is 35.5. The molecule has 0 radical (unpaired) electrons. The van der Waals surface area contributed by atoms with Crippen LogP contribution in [-0.4, -0.2) is 36.9 Å². The monoisotopic (exact) mass is 336 g/mol. The lowest BCUT2D eigenvalue weighted by Gasteiger charge is -2.30. The number of amides is 2. The minimum absolute atomic E-state index is 0.0192. The molecule has 0 unspecified atom stereocenters. The molecular weight excluding hydrogens is 316 g/mol. The highest BCUT2D eigenvalue weighted by molar-refractivity contribution is 6.32. The number of likely N-dealkylation sites (tertiary alicyclic amines) is 1. The number of hydrogen-bond donors (Lipinski definition) is 1. The number of rotatable bonds is 4. The van der Waals surface area contributed by atoms with E-state index in [1.54, 1.807) is 18.2 Å². The molecule has 1 saturated heterocycles. The molecule has 0 aromatic heterocycles. The molecule has 1 aliphatic heterocycles. The highest BCUT2D eigenvalue weighted by Crippen LogP contribution is 2.48. The van der Waals surface area contributed by atoms with Gasteiger partial charge in [-0.1, -0.05) is 11.6 Å². The van der Waals surface area contributed by atoms with Gasteiger partial charge in [-0.15, -0.1) is 0 Å². The van der Waals surface area contributed by atoms with E-state index in [4.69, 9.17) is 16.3 Å². The third-order valence-electron chi connectivity index (χ3n) is 4.65. The fraction of sp³-hybridized carbons (Fsp3) is 0.529. The maximum Gasteiger partial charge on any atom is 0.240 e. The van der Waals surface area contributed by atoms with E-state index >= 15 is 0 Å². The number of carbonyl (C=O) groups excluding carboxylic acids is 2. The minimum Gasteiger partial charge on any atom is -0.495 e. The van der Waals surface area contributed by atoms with E-state index < -0.39 is 5.41 Å². The fourth-order valence-electron chi connectivity index (χ4n) is 3.06. The summed E-state index contributed by atoms with van der Waals surface area (Å²) >= 11 is 6.08. The van der Waals surface area contributed by atoms with Crippen molar-refractivity contribution in [3.05, 3.63) is 23.2 Å². The number of carbonyl (C=O) groups is 2. The van der Waals surface area contributed by atoms with Crippen LogP contribution in [0.25, 0.3) is 0 Å². The Hall–Kier alpha value is -1.75. The van der Waals surface area contributed by atoms with Crippen molar-refractivity contribution in [2.45, 2.75) is 32.1 Å². The number of nitrogens with one attached hydrogen (secondary N) is 1. The summed E-state index contributed by atoms with van der Waals surface area (Å²) < 4.78 is 5.10. The molecule has 2 amide bonds. The Morgan fingerprint density at radius 1 is 1.22 bits per heavy atom. The van der Waals surface area contributed by atoms with E-state index in [1.807, 2.05) is 4.90 Å². The Morgan fingerprint density at radius 3 is 2.48 bits per heavy atom. The Kier molecular flexibility index (Phi) is 4.48. The van der Waals surface area contributed by atoms with Gasteiger partial charge in [-0.3, -0.25) is 9.59 Å². The second kappa shape index (κ2) is 6.40. The molecule has 0 spiro atoms. The number of halogens is 1. The van der Waals surface area contributed by atoms with Crippen molar-refractivity contribution in [3.8, 4) is 5.75 Å². The second-order valence-electron chi connectivity index (χ2n) is 6.24. The van der Waals surface area contributed by atoms with E-state index in [1.165, 1.54) is 7.11 Å². The first-order valence-electron chi connectivity index (χ1n) is 8.01. The number of anilines is 1. The van der Waals surface area contributed by atoms with E-state index in [0.29, 0.717) is 29.3 Å². The van der Waals surface area contributed by atoms with E-state index in [-0.39, 0.29) is 11.8 Å². The minimum atomic E-state index is -0.871. The summed E-state index contributed by atoms with van der Waals surface area (Å²) in [4.78, 5) is 27.2. The maximum atomic E-state index is 12.7. The van der Waals surface area contributed by atoms with Crippen LogP contribution in [0.2, 0.25) is 5.02 Å². The topological polar surface area (TPSA) is 58.6 Å². The van der Waals surface area contributed by atoms with Crippen molar-refractivity contribution in [2.24, 2.45) is 5.41 Å². The molecule has 1 saturated carbocycles. The second-order valence-corrected chi connectivity index (χ2v) is 6.65. The quantitative estimate of drug-likeness (QED) is 0.860. The number of benzene rings is 1. The Balaban J connectivity index is 1.69. The molecular formula is C17H21ClN2O3. The van der Waals surface area contributed by atoms with Crippen LogP contribution in [0.15, 0.2) is 18.2 Å². The summed E-state index contributed by atoms with van der Waals surface area (Å²) in [7, 11) is 1.54. The third kappa shape index (κ3) is 3.15. The first-order valence-corrected chi connectivity index (χ1v) is 8.39. The summed E-state index contributed by atoms with van der Waals surface area (Å²) in [6.45, 7) is 1.53. The lowest BCUT2D eigenvalue weighted by atomic mass is 10.0. The van der Waals surface area contributed by atoms with Crippen molar-refractivity contribution in [1.82, 2.24) is 4.90 Å². The first kappa shape index (κ1) is 16.1. The smallest absolute Gasteiger partial charge is 0.240 e. The largest absolute Gasteiger partial charge is 0.495 e. The van der Waals surface area contributed by atoms with Crippen LogP contribution in [0.5, 0.6) is 5.75 Å². The Morgan fingerprint density at radius 2 is 1.91 bits per heavy atom. The van der Waals surface area contributed by atoms with Crippen LogP contribution < -0.4 is 10.1 Å². The molecule has 2 aliphatic rings. The van der Waals surface area contributed by atoms with Crippen LogP contribution in [0.3, 0.4) is 0 Å². The molecule has 1 heterocycles. The van der Waals surface area contributed by atoms with Gasteiger partial charge in [-0.05, 0) is 50.3 Å². The maximum absolute atomic E-state index is 12.7. The fourth-order valence-corrected chi connectivity index (χ4v) is 3.32. The Bertz CT molecular complexity index is 622. The average molecular weight is 337 g/mol. The van der Waals surface area contributed by atoms with E-state index in [9.17, 15) is 9.59 Å².